The number of nitrogens with one attached hydrogen (secondary N) is 1. The summed E-state index contributed by atoms with van der Waals surface area (Å²) in [4.78, 5) is 16.9. The van der Waals surface area contributed by atoms with E-state index in [0.717, 1.165) is 11.6 Å². The number of halogens is 3. The summed E-state index contributed by atoms with van der Waals surface area (Å²) >= 11 is 0. The third-order valence-corrected chi connectivity index (χ3v) is 5.07. The number of anilines is 1. The predicted molar refractivity (Wildman–Crippen MR) is 114 cm³/mol. The number of carbonyl (C=O) groups is 1. The number of fused-ring (bicyclic) bond motifs is 1. The van der Waals surface area contributed by atoms with Crippen molar-refractivity contribution in [2.75, 3.05) is 5.32 Å². The Morgan fingerprint density at radius 3 is 2.45 bits per heavy atom. The molecule has 0 bridgehead atoms. The number of amides is 1. The van der Waals surface area contributed by atoms with Crippen LogP contribution in [-0.4, -0.2) is 30.7 Å². The first-order valence-electron chi connectivity index (χ1n) is 9.89. The summed E-state index contributed by atoms with van der Waals surface area (Å²) in [6.07, 6.45) is -4.77. The molecule has 0 saturated carbocycles. The van der Waals surface area contributed by atoms with E-state index in [-0.39, 0.29) is 23.6 Å². The maximum absolute atomic E-state index is 13.8. The minimum absolute atomic E-state index is 0.0143. The third kappa shape index (κ3) is 4.57. The number of hydrogen-bond donors (Lipinski definition) is 3. The Morgan fingerprint density at radius 2 is 1.79 bits per heavy atom. The number of aliphatic hydroxyl groups excluding tert-OH is 2. The summed E-state index contributed by atoms with van der Waals surface area (Å²) in [6.45, 7) is 1.13. The van der Waals surface area contributed by atoms with Gasteiger partial charge in [0, 0.05) is 17.3 Å². The van der Waals surface area contributed by atoms with Crippen LogP contribution in [0.5, 0.6) is 0 Å². The first kappa shape index (κ1) is 22.4. The van der Waals surface area contributed by atoms with Gasteiger partial charge in [-0.3, -0.25) is 4.79 Å². The van der Waals surface area contributed by atoms with Crippen LogP contribution in [0.3, 0.4) is 0 Å². The Balaban J connectivity index is 1.79. The molecule has 0 aliphatic rings. The van der Waals surface area contributed by atoms with E-state index < -0.39 is 24.4 Å². The van der Waals surface area contributed by atoms with E-state index >= 15 is 0 Å². The number of aliphatic hydroxyl groups is 2. The van der Waals surface area contributed by atoms with E-state index in [4.69, 9.17) is 0 Å². The van der Waals surface area contributed by atoms with E-state index in [2.05, 4.69) is 15.4 Å². The Kier molecular flexibility index (Phi) is 5.88. The zero-order chi connectivity index (χ0) is 23.8. The molecule has 0 atom stereocenters. The second kappa shape index (κ2) is 8.64. The number of hydrogen-bond acceptors (Lipinski definition) is 5. The summed E-state index contributed by atoms with van der Waals surface area (Å²) in [7, 11) is 0. The molecule has 170 valence electrons. The lowest BCUT2D eigenvalue weighted by atomic mass is 10.0. The summed E-state index contributed by atoms with van der Waals surface area (Å²) < 4.78 is 42.0. The highest BCUT2D eigenvalue weighted by molar-refractivity contribution is 6.03. The standard InChI is InChI=1S/C23H19F3N4O3/c1-13-3-2-4-17(7-13)27-22(33)19-10-21-28-18(9-20(23(24,25)26)30(21)29-19)14-5-6-15(11-31)16(8-14)12-32/h2-10,31-32H,11-12H2,1H3,(H,27,33). The lowest BCUT2D eigenvalue weighted by molar-refractivity contribution is -0.142. The molecule has 2 aromatic heterocycles. The van der Waals surface area contributed by atoms with E-state index in [9.17, 15) is 28.2 Å². The van der Waals surface area contributed by atoms with Crippen molar-refractivity contribution in [2.24, 2.45) is 0 Å². The van der Waals surface area contributed by atoms with Gasteiger partial charge in [0.1, 0.15) is 0 Å². The molecule has 0 radical (unpaired) electrons. The van der Waals surface area contributed by atoms with Crippen LogP contribution in [0, 0.1) is 6.92 Å². The van der Waals surface area contributed by atoms with Gasteiger partial charge in [0.05, 0.1) is 18.9 Å². The molecule has 10 heteroatoms. The van der Waals surface area contributed by atoms with Crippen LogP contribution in [0.25, 0.3) is 16.9 Å². The fraction of sp³-hybridized carbons (Fsp3) is 0.174. The molecule has 2 aromatic carbocycles. The molecule has 1 amide bonds. The minimum atomic E-state index is -4.77. The molecular weight excluding hydrogens is 437 g/mol. The lowest BCUT2D eigenvalue weighted by Crippen LogP contribution is -2.15. The second-order valence-corrected chi connectivity index (χ2v) is 7.45. The van der Waals surface area contributed by atoms with Crippen molar-refractivity contribution >= 4 is 17.2 Å². The van der Waals surface area contributed by atoms with Gasteiger partial charge >= 0.3 is 6.18 Å². The summed E-state index contributed by atoms with van der Waals surface area (Å²) in [5.41, 5.74) is 1.04. The molecule has 3 N–H and O–H groups in total. The number of carbonyl (C=O) groups excluding carboxylic acids is 1. The number of nitrogens with zero attached hydrogens (tertiary/aromatic N) is 3. The highest BCUT2D eigenvalue weighted by Gasteiger charge is 2.35. The van der Waals surface area contributed by atoms with Crippen molar-refractivity contribution in [3.63, 3.8) is 0 Å². The maximum atomic E-state index is 13.8. The van der Waals surface area contributed by atoms with E-state index in [0.29, 0.717) is 26.9 Å². The largest absolute Gasteiger partial charge is 0.433 e. The fourth-order valence-corrected chi connectivity index (χ4v) is 3.44. The molecule has 0 unspecified atom stereocenters. The van der Waals surface area contributed by atoms with Gasteiger partial charge in [-0.2, -0.15) is 18.3 Å². The average Bonchev–Trinajstić information content (AvgIpc) is 3.21. The first-order valence-corrected chi connectivity index (χ1v) is 9.89. The predicted octanol–water partition coefficient (Wildman–Crippen LogP) is 3.96. The van der Waals surface area contributed by atoms with Crippen molar-refractivity contribution < 1.29 is 28.2 Å². The van der Waals surface area contributed by atoms with Crippen molar-refractivity contribution in [1.29, 1.82) is 0 Å². The van der Waals surface area contributed by atoms with Crippen molar-refractivity contribution in [3.8, 4) is 11.3 Å². The first-order chi connectivity index (χ1) is 15.7. The van der Waals surface area contributed by atoms with Gasteiger partial charge in [-0.15, -0.1) is 0 Å². The monoisotopic (exact) mass is 456 g/mol. The van der Waals surface area contributed by atoms with Gasteiger partial charge in [0.2, 0.25) is 0 Å². The molecule has 0 saturated heterocycles. The van der Waals surface area contributed by atoms with Crippen LogP contribution in [-0.2, 0) is 19.4 Å². The molecule has 0 aliphatic carbocycles. The van der Waals surface area contributed by atoms with Gasteiger partial charge in [-0.05, 0) is 47.9 Å². The zero-order valence-corrected chi connectivity index (χ0v) is 17.4. The molecule has 0 spiro atoms. The van der Waals surface area contributed by atoms with Crippen molar-refractivity contribution in [1.82, 2.24) is 14.6 Å². The number of aromatic nitrogens is 3. The Morgan fingerprint density at radius 1 is 1.03 bits per heavy atom. The number of aryl methyl sites for hydroxylation is 1. The summed E-state index contributed by atoms with van der Waals surface area (Å²) in [5, 5.41) is 25.3. The van der Waals surface area contributed by atoms with Gasteiger partial charge in [-0.1, -0.05) is 24.3 Å². The minimum Gasteiger partial charge on any atom is -0.392 e. The number of rotatable bonds is 5. The molecule has 0 aliphatic heterocycles. The number of alkyl halides is 3. The van der Waals surface area contributed by atoms with Gasteiger partial charge in [0.25, 0.3) is 5.91 Å². The quantitative estimate of drug-likeness (QED) is 0.422. The van der Waals surface area contributed by atoms with Gasteiger partial charge in [-0.25, -0.2) is 9.50 Å². The smallest absolute Gasteiger partial charge is 0.392 e. The SMILES string of the molecule is Cc1cccc(NC(=O)c2cc3nc(-c4ccc(CO)c(CO)c4)cc(C(F)(F)F)n3n2)c1. The molecule has 33 heavy (non-hydrogen) atoms. The fourth-order valence-electron chi connectivity index (χ4n) is 3.44. The second-order valence-electron chi connectivity index (χ2n) is 7.45. The van der Waals surface area contributed by atoms with Gasteiger partial charge < -0.3 is 15.5 Å². The van der Waals surface area contributed by atoms with Crippen LogP contribution in [0.2, 0.25) is 0 Å². The molecule has 2 heterocycles. The van der Waals surface area contributed by atoms with E-state index in [1.807, 2.05) is 13.0 Å². The van der Waals surface area contributed by atoms with Crippen LogP contribution in [0.4, 0.5) is 18.9 Å². The summed E-state index contributed by atoms with van der Waals surface area (Å²) in [5.74, 6) is -0.671. The molecule has 0 fully saturated rings. The normalized spacial score (nSPS) is 11.7. The van der Waals surface area contributed by atoms with Crippen molar-refractivity contribution in [3.05, 3.63) is 82.7 Å². The maximum Gasteiger partial charge on any atom is 0.433 e. The van der Waals surface area contributed by atoms with Crippen molar-refractivity contribution in [2.45, 2.75) is 26.3 Å². The third-order valence-electron chi connectivity index (χ3n) is 5.07. The lowest BCUT2D eigenvalue weighted by Gasteiger charge is -2.12. The van der Waals surface area contributed by atoms with Crippen LogP contribution in [0.1, 0.15) is 32.9 Å². The summed E-state index contributed by atoms with van der Waals surface area (Å²) in [6, 6.07) is 13.5. The van der Waals surface area contributed by atoms with E-state index in [1.165, 1.54) is 24.3 Å². The average molecular weight is 456 g/mol. The molecule has 4 aromatic rings. The van der Waals surface area contributed by atoms with Crippen LogP contribution < -0.4 is 5.32 Å². The Labute approximate surface area is 186 Å². The van der Waals surface area contributed by atoms with Gasteiger partial charge in [0.15, 0.2) is 17.0 Å². The van der Waals surface area contributed by atoms with E-state index in [1.54, 1.807) is 18.2 Å². The molecule has 7 nitrogen and oxygen atoms in total. The van der Waals surface area contributed by atoms with Crippen LogP contribution >= 0.6 is 0 Å². The Bertz CT molecular complexity index is 1350. The molecular formula is C23H19F3N4O3. The Hall–Kier alpha value is -3.76. The molecule has 4 rings (SSSR count). The highest BCUT2D eigenvalue weighted by Crippen LogP contribution is 2.33. The zero-order valence-electron chi connectivity index (χ0n) is 17.4. The topological polar surface area (TPSA) is 99.8 Å². The number of benzene rings is 2. The highest BCUT2D eigenvalue weighted by atomic mass is 19.4. The van der Waals surface area contributed by atoms with Crippen LogP contribution in [0.15, 0.2) is 54.6 Å².